The maximum absolute atomic E-state index is 12.5. The summed E-state index contributed by atoms with van der Waals surface area (Å²) in [6.45, 7) is 4.96. The quantitative estimate of drug-likeness (QED) is 0.739. The first-order valence-electron chi connectivity index (χ1n) is 8.49. The molecule has 4 nitrogen and oxygen atoms in total. The Morgan fingerprint density at radius 3 is 2.60 bits per heavy atom. The molecule has 25 heavy (non-hydrogen) atoms. The summed E-state index contributed by atoms with van der Waals surface area (Å²) in [6, 6.07) is 18.1. The van der Waals surface area contributed by atoms with E-state index in [1.54, 1.807) is 4.90 Å². The Labute approximate surface area is 149 Å². The number of nitriles is 1. The van der Waals surface area contributed by atoms with Crippen molar-refractivity contribution in [2.75, 3.05) is 19.7 Å². The zero-order chi connectivity index (χ0) is 18.1. The largest absolute Gasteiger partial charge is 0.483 e. The van der Waals surface area contributed by atoms with Gasteiger partial charge in [-0.15, -0.1) is 0 Å². The number of benzene rings is 2. The van der Waals surface area contributed by atoms with Gasteiger partial charge in [0.2, 0.25) is 0 Å². The van der Waals surface area contributed by atoms with Crippen molar-refractivity contribution in [1.29, 1.82) is 5.26 Å². The minimum atomic E-state index is -0.0907. The Kier molecular flexibility index (Phi) is 7.03. The van der Waals surface area contributed by atoms with Crippen molar-refractivity contribution in [3.05, 3.63) is 65.2 Å². The highest BCUT2D eigenvalue weighted by atomic mass is 16.5. The molecule has 0 saturated heterocycles. The fraction of sp³-hybridized carbons (Fsp3) is 0.333. The normalized spacial score (nSPS) is 10.1. The summed E-state index contributed by atoms with van der Waals surface area (Å²) in [6.07, 6.45) is 1.09. The molecule has 0 N–H and O–H groups in total. The number of amides is 1. The lowest BCUT2D eigenvalue weighted by atomic mass is 10.1. The summed E-state index contributed by atoms with van der Waals surface area (Å²) in [7, 11) is 0. The van der Waals surface area contributed by atoms with Crippen molar-refractivity contribution in [2.45, 2.75) is 26.7 Å². The molecule has 2 rings (SSSR count). The van der Waals surface area contributed by atoms with Crippen LogP contribution in [-0.4, -0.2) is 30.5 Å². The molecule has 2 aromatic carbocycles. The first-order valence-corrected chi connectivity index (χ1v) is 8.49. The van der Waals surface area contributed by atoms with Crippen molar-refractivity contribution in [3.63, 3.8) is 0 Å². The molecule has 1 amide bonds. The van der Waals surface area contributed by atoms with Crippen LogP contribution >= 0.6 is 0 Å². The van der Waals surface area contributed by atoms with E-state index in [4.69, 9.17) is 10.00 Å². The lowest BCUT2D eigenvalue weighted by molar-refractivity contribution is -0.133. The minimum absolute atomic E-state index is 0.00941. The third-order valence-electron chi connectivity index (χ3n) is 4.05. The molecule has 0 aliphatic carbocycles. The van der Waals surface area contributed by atoms with Crippen LogP contribution < -0.4 is 4.74 Å². The van der Waals surface area contributed by atoms with Gasteiger partial charge in [-0.3, -0.25) is 4.79 Å². The van der Waals surface area contributed by atoms with Gasteiger partial charge in [0.05, 0.1) is 12.5 Å². The Morgan fingerprint density at radius 2 is 1.88 bits per heavy atom. The fourth-order valence-electron chi connectivity index (χ4n) is 2.55. The van der Waals surface area contributed by atoms with Gasteiger partial charge < -0.3 is 9.64 Å². The highest BCUT2D eigenvalue weighted by Crippen LogP contribution is 2.19. The molecule has 0 saturated carbocycles. The summed E-state index contributed by atoms with van der Waals surface area (Å²) in [5.74, 6) is 0.642. The van der Waals surface area contributed by atoms with E-state index < -0.39 is 0 Å². The van der Waals surface area contributed by atoms with Gasteiger partial charge in [0.1, 0.15) is 5.75 Å². The third kappa shape index (κ3) is 5.96. The molecule has 0 radical (unpaired) electrons. The smallest absolute Gasteiger partial charge is 0.260 e. The molecule has 0 aromatic heterocycles. The number of ether oxygens (including phenoxy) is 1. The summed E-state index contributed by atoms with van der Waals surface area (Å²) < 4.78 is 5.72. The average Bonchev–Trinajstić information content (AvgIpc) is 2.63. The van der Waals surface area contributed by atoms with E-state index in [9.17, 15) is 4.79 Å². The molecular weight excluding hydrogens is 312 g/mol. The molecule has 0 fully saturated rings. The van der Waals surface area contributed by atoms with Crippen molar-refractivity contribution in [3.8, 4) is 11.8 Å². The van der Waals surface area contributed by atoms with Crippen LogP contribution in [0.25, 0.3) is 0 Å². The summed E-state index contributed by atoms with van der Waals surface area (Å²) in [4.78, 5) is 14.2. The topological polar surface area (TPSA) is 53.3 Å². The number of aryl methyl sites for hydroxylation is 2. The van der Waals surface area contributed by atoms with E-state index >= 15 is 0 Å². The molecule has 0 aliphatic rings. The molecule has 0 bridgehead atoms. The van der Waals surface area contributed by atoms with Gasteiger partial charge in [0, 0.05) is 13.1 Å². The van der Waals surface area contributed by atoms with Crippen LogP contribution in [0.1, 0.15) is 23.1 Å². The Balaban J connectivity index is 1.95. The van der Waals surface area contributed by atoms with E-state index in [1.165, 1.54) is 5.56 Å². The summed E-state index contributed by atoms with van der Waals surface area (Å²) in [5, 5.41) is 8.84. The summed E-state index contributed by atoms with van der Waals surface area (Å²) in [5.41, 5.74) is 3.28. The second kappa shape index (κ2) is 9.48. The van der Waals surface area contributed by atoms with Gasteiger partial charge in [-0.2, -0.15) is 5.26 Å². The van der Waals surface area contributed by atoms with Gasteiger partial charge in [-0.05, 0) is 43.0 Å². The molecule has 0 atom stereocenters. The van der Waals surface area contributed by atoms with Crippen LogP contribution in [0.5, 0.6) is 5.75 Å². The van der Waals surface area contributed by atoms with Gasteiger partial charge in [-0.25, -0.2) is 0 Å². The molecule has 2 aromatic rings. The summed E-state index contributed by atoms with van der Waals surface area (Å²) >= 11 is 0. The minimum Gasteiger partial charge on any atom is -0.483 e. The van der Waals surface area contributed by atoms with E-state index in [0.717, 1.165) is 23.3 Å². The van der Waals surface area contributed by atoms with Crippen LogP contribution in [-0.2, 0) is 11.2 Å². The van der Waals surface area contributed by atoms with Crippen molar-refractivity contribution >= 4 is 5.91 Å². The highest BCUT2D eigenvalue weighted by molar-refractivity contribution is 5.77. The number of nitrogens with zero attached hydrogens (tertiary/aromatic N) is 2. The van der Waals surface area contributed by atoms with E-state index in [-0.39, 0.29) is 12.5 Å². The van der Waals surface area contributed by atoms with Crippen LogP contribution in [0.3, 0.4) is 0 Å². The van der Waals surface area contributed by atoms with Crippen LogP contribution in [0.4, 0.5) is 0 Å². The predicted octanol–water partition coefficient (Wildman–Crippen LogP) is 3.67. The number of hydrogen-bond acceptors (Lipinski definition) is 3. The molecule has 0 aliphatic heterocycles. The maximum atomic E-state index is 12.5. The van der Waals surface area contributed by atoms with Gasteiger partial charge in [0.25, 0.3) is 5.91 Å². The lowest BCUT2D eigenvalue weighted by Crippen LogP contribution is -2.37. The molecule has 0 unspecified atom stereocenters. The van der Waals surface area contributed by atoms with Crippen molar-refractivity contribution in [1.82, 2.24) is 4.90 Å². The SMILES string of the molecule is Cc1ccc(C)c(OCC(=O)N(CCC#N)CCc2ccccc2)c1. The van der Waals surface area contributed by atoms with E-state index in [2.05, 4.69) is 6.07 Å². The van der Waals surface area contributed by atoms with Crippen molar-refractivity contribution < 1.29 is 9.53 Å². The zero-order valence-electron chi connectivity index (χ0n) is 14.9. The van der Waals surface area contributed by atoms with Gasteiger partial charge in [0.15, 0.2) is 6.61 Å². The first kappa shape index (κ1) is 18.5. The third-order valence-corrected chi connectivity index (χ3v) is 4.05. The Hall–Kier alpha value is -2.80. The molecule has 0 heterocycles. The number of carbonyl (C=O) groups is 1. The Morgan fingerprint density at radius 1 is 1.12 bits per heavy atom. The Bertz CT molecular complexity index is 735. The van der Waals surface area contributed by atoms with Gasteiger partial charge in [-0.1, -0.05) is 42.5 Å². The molecular formula is C21H24N2O2. The fourth-order valence-corrected chi connectivity index (χ4v) is 2.55. The lowest BCUT2D eigenvalue weighted by Gasteiger charge is -2.22. The molecule has 130 valence electrons. The van der Waals surface area contributed by atoms with Crippen LogP contribution in [0.2, 0.25) is 0 Å². The van der Waals surface area contributed by atoms with Gasteiger partial charge >= 0.3 is 0 Å². The second-order valence-corrected chi connectivity index (χ2v) is 6.08. The maximum Gasteiger partial charge on any atom is 0.260 e. The average molecular weight is 336 g/mol. The van der Waals surface area contributed by atoms with E-state index in [0.29, 0.717) is 19.5 Å². The number of carbonyl (C=O) groups excluding carboxylic acids is 1. The molecule has 4 heteroatoms. The molecule has 0 spiro atoms. The first-order chi connectivity index (χ1) is 12.1. The zero-order valence-corrected chi connectivity index (χ0v) is 14.9. The monoisotopic (exact) mass is 336 g/mol. The van der Waals surface area contributed by atoms with Crippen LogP contribution in [0, 0.1) is 25.2 Å². The highest BCUT2D eigenvalue weighted by Gasteiger charge is 2.14. The number of hydrogen-bond donors (Lipinski definition) is 0. The van der Waals surface area contributed by atoms with Crippen molar-refractivity contribution in [2.24, 2.45) is 0 Å². The van der Waals surface area contributed by atoms with E-state index in [1.807, 2.05) is 62.4 Å². The predicted molar refractivity (Wildman–Crippen MR) is 98.4 cm³/mol. The number of rotatable bonds is 8. The standard InChI is InChI=1S/C21H24N2O2/c1-17-9-10-18(2)20(15-17)25-16-21(24)23(13-6-12-22)14-11-19-7-4-3-5-8-19/h3-5,7-10,15H,6,11,13-14,16H2,1-2H3. The second-order valence-electron chi connectivity index (χ2n) is 6.08. The van der Waals surface area contributed by atoms with Crippen LogP contribution in [0.15, 0.2) is 48.5 Å².